The summed E-state index contributed by atoms with van der Waals surface area (Å²) in [5.41, 5.74) is 12.6. The minimum Gasteiger partial charge on any atom is -0.324 e. The molecule has 0 spiro atoms. The molecule has 4 aliphatic carbocycles. The third kappa shape index (κ3) is 1.65. The summed E-state index contributed by atoms with van der Waals surface area (Å²) < 4.78 is 0. The summed E-state index contributed by atoms with van der Waals surface area (Å²) in [4.78, 5) is 0. The van der Waals surface area contributed by atoms with Gasteiger partial charge in [0.15, 0.2) is 0 Å². The summed E-state index contributed by atoms with van der Waals surface area (Å²) in [6.45, 7) is 5.09. The average Bonchev–Trinajstić information content (AvgIpc) is 2.81. The van der Waals surface area contributed by atoms with Crippen LogP contribution >= 0.6 is 0 Å². The van der Waals surface area contributed by atoms with E-state index in [1.165, 1.54) is 57.8 Å². The first-order valence-corrected chi connectivity index (χ1v) is 8.72. The molecule has 0 aromatic carbocycles. The highest BCUT2D eigenvalue weighted by Crippen LogP contribution is 2.62. The maximum absolute atomic E-state index is 6.18. The van der Waals surface area contributed by atoms with E-state index in [4.69, 9.17) is 5.73 Å². The van der Waals surface area contributed by atoms with Crippen molar-refractivity contribution in [3.05, 3.63) is 22.8 Å². The summed E-state index contributed by atoms with van der Waals surface area (Å²) in [6.07, 6.45) is 14.7. The maximum atomic E-state index is 6.18. The highest BCUT2D eigenvalue weighted by Gasteiger charge is 2.49. The lowest BCUT2D eigenvalue weighted by atomic mass is 9.54. The quantitative estimate of drug-likeness (QED) is 0.633. The van der Waals surface area contributed by atoms with E-state index in [1.807, 2.05) is 11.1 Å². The van der Waals surface area contributed by atoms with Crippen LogP contribution in [-0.4, -0.2) is 6.04 Å². The number of fused-ring (bicyclic) bond motifs is 4. The van der Waals surface area contributed by atoms with Gasteiger partial charge in [-0.05, 0) is 62.7 Å². The fourth-order valence-electron chi connectivity index (χ4n) is 5.98. The van der Waals surface area contributed by atoms with Gasteiger partial charge in [0.1, 0.15) is 0 Å². The largest absolute Gasteiger partial charge is 0.324 e. The van der Waals surface area contributed by atoms with Gasteiger partial charge in [-0.2, -0.15) is 0 Å². The van der Waals surface area contributed by atoms with Gasteiger partial charge in [0.05, 0.1) is 0 Å². The number of rotatable bonds is 0. The second kappa shape index (κ2) is 4.22. The highest BCUT2D eigenvalue weighted by molar-refractivity contribution is 5.42. The Labute approximate surface area is 123 Å². The zero-order chi connectivity index (χ0) is 14.0. The fourth-order valence-corrected chi connectivity index (χ4v) is 5.98. The molecule has 2 N–H and O–H groups in total. The zero-order valence-corrected chi connectivity index (χ0v) is 13.2. The van der Waals surface area contributed by atoms with Crippen LogP contribution in [-0.2, 0) is 0 Å². The zero-order valence-electron chi connectivity index (χ0n) is 13.2. The molecule has 0 bridgehead atoms. The molecule has 0 radical (unpaired) electrons. The molecule has 110 valence electrons. The van der Waals surface area contributed by atoms with Crippen molar-refractivity contribution in [1.29, 1.82) is 0 Å². The molecule has 0 heterocycles. The molecular formula is C19H29N. The Morgan fingerprint density at radius 3 is 2.75 bits per heavy atom. The molecule has 1 unspecified atom stereocenters. The Kier molecular flexibility index (Phi) is 2.77. The normalized spacial score (nSPS) is 47.5. The maximum Gasteiger partial charge on any atom is 0.0227 e. The van der Waals surface area contributed by atoms with E-state index in [0.29, 0.717) is 16.9 Å². The van der Waals surface area contributed by atoms with Gasteiger partial charge in [-0.25, -0.2) is 0 Å². The molecular weight excluding hydrogens is 242 g/mol. The molecule has 4 rings (SSSR count). The van der Waals surface area contributed by atoms with Crippen molar-refractivity contribution in [2.75, 3.05) is 0 Å². The van der Waals surface area contributed by atoms with Crippen molar-refractivity contribution < 1.29 is 0 Å². The third-order valence-electron chi connectivity index (χ3n) is 7.27. The minimum absolute atomic E-state index is 0.320. The van der Waals surface area contributed by atoms with Crippen molar-refractivity contribution in [2.45, 2.75) is 77.7 Å². The van der Waals surface area contributed by atoms with Crippen LogP contribution in [0.15, 0.2) is 22.8 Å². The number of hydrogen-bond donors (Lipinski definition) is 1. The van der Waals surface area contributed by atoms with Gasteiger partial charge in [0.25, 0.3) is 0 Å². The van der Waals surface area contributed by atoms with Crippen LogP contribution in [0.4, 0.5) is 0 Å². The minimum atomic E-state index is 0.320. The molecule has 4 atom stereocenters. The lowest BCUT2D eigenvalue weighted by Crippen LogP contribution is -2.40. The van der Waals surface area contributed by atoms with Crippen LogP contribution in [0, 0.1) is 16.7 Å². The van der Waals surface area contributed by atoms with Crippen molar-refractivity contribution in [3.63, 3.8) is 0 Å². The van der Waals surface area contributed by atoms with Gasteiger partial charge in [0.2, 0.25) is 0 Å². The van der Waals surface area contributed by atoms with E-state index in [0.717, 1.165) is 5.92 Å². The monoisotopic (exact) mass is 271 g/mol. The smallest absolute Gasteiger partial charge is 0.0227 e. The average molecular weight is 271 g/mol. The van der Waals surface area contributed by atoms with E-state index >= 15 is 0 Å². The van der Waals surface area contributed by atoms with Crippen molar-refractivity contribution in [1.82, 2.24) is 0 Å². The van der Waals surface area contributed by atoms with Crippen molar-refractivity contribution in [2.24, 2.45) is 22.5 Å². The van der Waals surface area contributed by atoms with Crippen LogP contribution in [0.1, 0.15) is 71.6 Å². The second-order valence-electron chi connectivity index (χ2n) is 8.33. The van der Waals surface area contributed by atoms with Crippen molar-refractivity contribution in [3.8, 4) is 0 Å². The van der Waals surface area contributed by atoms with E-state index in [2.05, 4.69) is 19.9 Å². The predicted octanol–water partition coefficient (Wildman–Crippen LogP) is 4.73. The van der Waals surface area contributed by atoms with Crippen molar-refractivity contribution >= 4 is 0 Å². The first kappa shape index (κ1) is 13.1. The van der Waals surface area contributed by atoms with Gasteiger partial charge < -0.3 is 5.73 Å². The van der Waals surface area contributed by atoms with Gasteiger partial charge in [0, 0.05) is 11.5 Å². The van der Waals surface area contributed by atoms with Gasteiger partial charge >= 0.3 is 0 Å². The predicted molar refractivity (Wildman–Crippen MR) is 84.3 cm³/mol. The fraction of sp³-hybridized carbons (Fsp3) is 0.789. The topological polar surface area (TPSA) is 26.0 Å². The van der Waals surface area contributed by atoms with Crippen LogP contribution in [0.2, 0.25) is 0 Å². The summed E-state index contributed by atoms with van der Waals surface area (Å²) in [5.74, 6) is 0.917. The molecule has 0 aliphatic heterocycles. The standard InChI is InChI=1S/C19H29N/c1-18-9-3-4-16(18)15-6-5-13-12-14(20)7-11-19(13,2)17(15)8-10-18/h12,14,16H,3-11,20H2,1-2H3/t14?,16-,18-,19-/m0/s1. The molecule has 0 aromatic heterocycles. The number of hydrogen-bond acceptors (Lipinski definition) is 1. The molecule has 20 heavy (non-hydrogen) atoms. The van der Waals surface area contributed by atoms with Gasteiger partial charge in [-0.1, -0.05) is 43.1 Å². The molecule has 1 heteroatoms. The van der Waals surface area contributed by atoms with E-state index in [1.54, 1.807) is 5.57 Å². The summed E-state index contributed by atoms with van der Waals surface area (Å²) in [7, 11) is 0. The Balaban J connectivity index is 1.79. The third-order valence-corrected chi connectivity index (χ3v) is 7.27. The Morgan fingerprint density at radius 1 is 1.05 bits per heavy atom. The summed E-state index contributed by atoms with van der Waals surface area (Å²) in [6, 6.07) is 0.320. The summed E-state index contributed by atoms with van der Waals surface area (Å²) >= 11 is 0. The number of allylic oxidation sites excluding steroid dienone is 3. The Bertz CT molecular complexity index is 500. The molecule has 1 saturated carbocycles. The van der Waals surface area contributed by atoms with E-state index in [-0.39, 0.29) is 0 Å². The molecule has 0 saturated heterocycles. The van der Waals surface area contributed by atoms with Gasteiger partial charge in [-0.15, -0.1) is 0 Å². The van der Waals surface area contributed by atoms with E-state index in [9.17, 15) is 0 Å². The van der Waals surface area contributed by atoms with Crippen LogP contribution in [0.5, 0.6) is 0 Å². The second-order valence-corrected chi connectivity index (χ2v) is 8.33. The van der Waals surface area contributed by atoms with Crippen LogP contribution in [0.3, 0.4) is 0 Å². The first-order chi connectivity index (χ1) is 9.53. The van der Waals surface area contributed by atoms with E-state index < -0.39 is 0 Å². The molecule has 0 aromatic rings. The molecule has 0 amide bonds. The molecule has 4 aliphatic rings. The summed E-state index contributed by atoms with van der Waals surface area (Å²) in [5, 5.41) is 0. The van der Waals surface area contributed by atoms with Crippen LogP contribution < -0.4 is 5.73 Å². The Morgan fingerprint density at radius 2 is 1.90 bits per heavy atom. The SMILES string of the molecule is C[C@]12CCC(N)C=C1CCC1=C2CC[C@]2(C)CCC[C@@H]12. The number of nitrogens with two attached hydrogens (primary N) is 1. The van der Waals surface area contributed by atoms with Crippen LogP contribution in [0.25, 0.3) is 0 Å². The Hall–Kier alpha value is -0.560. The lowest BCUT2D eigenvalue weighted by Gasteiger charge is -2.51. The molecule has 1 nitrogen and oxygen atoms in total. The lowest BCUT2D eigenvalue weighted by molar-refractivity contribution is 0.191. The van der Waals surface area contributed by atoms with Gasteiger partial charge in [-0.3, -0.25) is 0 Å². The first-order valence-electron chi connectivity index (χ1n) is 8.72. The highest BCUT2D eigenvalue weighted by atomic mass is 14.6. The molecule has 1 fully saturated rings.